The molecule has 0 saturated heterocycles. The molecule has 0 radical (unpaired) electrons. The van der Waals surface area contributed by atoms with E-state index in [1.807, 2.05) is 0 Å². The van der Waals surface area contributed by atoms with Gasteiger partial charge in [-0.1, -0.05) is 0 Å². The van der Waals surface area contributed by atoms with Crippen LogP contribution in [0.2, 0.25) is 0 Å². The zero-order valence-electron chi connectivity index (χ0n) is 7.05. The van der Waals surface area contributed by atoms with Crippen LogP contribution in [-0.2, 0) is 6.18 Å². The molecule has 1 aromatic rings. The molecule has 0 bridgehead atoms. The lowest BCUT2D eigenvalue weighted by atomic mass is 10.2. The maximum Gasteiger partial charge on any atom is 0.416 e. The summed E-state index contributed by atoms with van der Waals surface area (Å²) in [6, 6.07) is 1.46. The normalized spacial score (nSPS) is 11.9. The first-order chi connectivity index (χ1) is 6.79. The van der Waals surface area contributed by atoms with Crippen molar-refractivity contribution in [3.8, 4) is 11.5 Å². The average molecular weight is 228 g/mol. The van der Waals surface area contributed by atoms with Gasteiger partial charge < -0.3 is 9.84 Å². The number of phenolic OH excluding ortho intramolecular Hbond substituents is 1. The van der Waals surface area contributed by atoms with Crippen molar-refractivity contribution in [2.45, 2.75) is 12.8 Å². The fourth-order valence-electron chi connectivity index (χ4n) is 0.918. The molecule has 0 fully saturated rings. The first-order valence-electron chi connectivity index (χ1n) is 3.65. The highest BCUT2D eigenvalue weighted by Gasteiger charge is 2.31. The van der Waals surface area contributed by atoms with E-state index in [-0.39, 0.29) is 0 Å². The Morgan fingerprint density at radius 3 is 2.20 bits per heavy atom. The van der Waals surface area contributed by atoms with E-state index in [1.165, 1.54) is 0 Å². The van der Waals surface area contributed by atoms with Crippen molar-refractivity contribution in [3.05, 3.63) is 23.8 Å². The topological polar surface area (TPSA) is 29.5 Å². The lowest BCUT2D eigenvalue weighted by Crippen LogP contribution is -2.07. The molecule has 1 aromatic carbocycles. The molecule has 0 heterocycles. The molecule has 0 aromatic heterocycles. The number of benzene rings is 1. The number of hydrogen-bond acceptors (Lipinski definition) is 2. The van der Waals surface area contributed by atoms with Gasteiger partial charge in [-0.2, -0.15) is 22.0 Å². The highest BCUT2D eigenvalue weighted by Crippen LogP contribution is 2.34. The number of rotatable bonds is 2. The van der Waals surface area contributed by atoms with Crippen molar-refractivity contribution in [3.63, 3.8) is 0 Å². The second kappa shape index (κ2) is 3.92. The molecule has 15 heavy (non-hydrogen) atoms. The first-order valence-corrected chi connectivity index (χ1v) is 3.65. The molecule has 7 heteroatoms. The minimum Gasteiger partial charge on any atom is -0.508 e. The maximum atomic E-state index is 12.1. The predicted octanol–water partition coefficient (Wildman–Crippen LogP) is 3.01. The van der Waals surface area contributed by atoms with Crippen LogP contribution in [0.25, 0.3) is 0 Å². The summed E-state index contributed by atoms with van der Waals surface area (Å²) in [4.78, 5) is 0. The molecular weight excluding hydrogens is 223 g/mol. The van der Waals surface area contributed by atoms with Crippen molar-refractivity contribution in [1.29, 1.82) is 0 Å². The van der Waals surface area contributed by atoms with Gasteiger partial charge in [-0.25, -0.2) is 0 Å². The van der Waals surface area contributed by atoms with Gasteiger partial charge in [0.25, 0.3) is 0 Å². The molecule has 0 atom stereocenters. The molecule has 0 aliphatic heterocycles. The highest BCUT2D eigenvalue weighted by molar-refractivity contribution is 5.38. The lowest BCUT2D eigenvalue weighted by Gasteiger charge is -2.10. The molecule has 0 amide bonds. The summed E-state index contributed by atoms with van der Waals surface area (Å²) in [5.74, 6) is -1.53. The Hall–Kier alpha value is -1.53. The van der Waals surface area contributed by atoms with E-state index < -0.39 is 29.9 Å². The third-order valence-corrected chi connectivity index (χ3v) is 1.44. The number of hydrogen-bond donors (Lipinski definition) is 1. The SMILES string of the molecule is Oc1cc(OC(F)F)cc(C(F)(F)F)c1. The third-order valence-electron chi connectivity index (χ3n) is 1.44. The highest BCUT2D eigenvalue weighted by atomic mass is 19.4. The standard InChI is InChI=1S/C8H5F5O2/c9-7(10)15-6-2-4(8(11,12)13)1-5(14)3-6/h1-3,7,14H. The molecule has 0 aliphatic rings. The largest absolute Gasteiger partial charge is 0.508 e. The Balaban J connectivity index is 3.06. The van der Waals surface area contributed by atoms with Gasteiger partial charge in [0.1, 0.15) is 11.5 Å². The lowest BCUT2D eigenvalue weighted by molar-refractivity contribution is -0.138. The second-order valence-electron chi connectivity index (χ2n) is 2.59. The Bertz CT molecular complexity index is 347. The number of alkyl halides is 5. The summed E-state index contributed by atoms with van der Waals surface area (Å²) in [6.45, 7) is -3.24. The fourth-order valence-corrected chi connectivity index (χ4v) is 0.918. The molecule has 0 saturated carbocycles. The van der Waals surface area contributed by atoms with Gasteiger partial charge in [0, 0.05) is 6.07 Å². The van der Waals surface area contributed by atoms with E-state index >= 15 is 0 Å². The van der Waals surface area contributed by atoms with Crippen molar-refractivity contribution < 1.29 is 31.8 Å². The summed E-state index contributed by atoms with van der Waals surface area (Å²) >= 11 is 0. The van der Waals surface area contributed by atoms with Gasteiger partial charge in [0.05, 0.1) is 5.56 Å². The van der Waals surface area contributed by atoms with Crippen LogP contribution in [0.5, 0.6) is 11.5 Å². The minimum atomic E-state index is -4.72. The van der Waals surface area contributed by atoms with Gasteiger partial charge in [-0.05, 0) is 12.1 Å². The summed E-state index contributed by atoms with van der Waals surface area (Å²) < 4.78 is 63.5. The third kappa shape index (κ3) is 3.26. The van der Waals surface area contributed by atoms with E-state index in [1.54, 1.807) is 0 Å². The van der Waals surface area contributed by atoms with Crippen LogP contribution in [0.15, 0.2) is 18.2 Å². The van der Waals surface area contributed by atoms with Crippen molar-refractivity contribution in [2.24, 2.45) is 0 Å². The minimum absolute atomic E-state index is 0.381. The van der Waals surface area contributed by atoms with E-state index in [0.29, 0.717) is 18.2 Å². The molecule has 1 N–H and O–H groups in total. The Morgan fingerprint density at radius 1 is 1.13 bits per heavy atom. The number of phenols is 1. The van der Waals surface area contributed by atoms with E-state index in [2.05, 4.69) is 4.74 Å². The Labute approximate surface area is 80.9 Å². The van der Waals surface area contributed by atoms with Gasteiger partial charge in [-0.3, -0.25) is 0 Å². The van der Waals surface area contributed by atoms with Gasteiger partial charge in [0.15, 0.2) is 0 Å². The van der Waals surface area contributed by atoms with Crippen LogP contribution >= 0.6 is 0 Å². The predicted molar refractivity (Wildman–Crippen MR) is 39.7 cm³/mol. The zero-order valence-corrected chi connectivity index (χ0v) is 7.05. The average Bonchev–Trinajstić information content (AvgIpc) is 1.99. The molecular formula is C8H5F5O2. The Kier molecular flexibility index (Phi) is 3.01. The van der Waals surface area contributed by atoms with Crippen molar-refractivity contribution >= 4 is 0 Å². The quantitative estimate of drug-likeness (QED) is 0.788. The van der Waals surface area contributed by atoms with Crippen LogP contribution in [0.1, 0.15) is 5.56 Å². The van der Waals surface area contributed by atoms with E-state index in [0.717, 1.165) is 0 Å². The first kappa shape index (κ1) is 11.5. The zero-order chi connectivity index (χ0) is 11.6. The molecule has 0 unspecified atom stereocenters. The number of halogens is 5. The van der Waals surface area contributed by atoms with Crippen LogP contribution in [-0.4, -0.2) is 11.7 Å². The molecule has 2 nitrogen and oxygen atoms in total. The monoisotopic (exact) mass is 228 g/mol. The second-order valence-corrected chi connectivity index (χ2v) is 2.59. The van der Waals surface area contributed by atoms with E-state index in [9.17, 15) is 22.0 Å². The molecule has 0 aliphatic carbocycles. The fraction of sp³-hybridized carbons (Fsp3) is 0.250. The maximum absolute atomic E-state index is 12.1. The summed E-state index contributed by atoms with van der Waals surface area (Å²) in [5.41, 5.74) is -1.25. The molecule has 0 spiro atoms. The van der Waals surface area contributed by atoms with Crippen LogP contribution in [0.3, 0.4) is 0 Å². The molecule has 1 rings (SSSR count). The van der Waals surface area contributed by atoms with Crippen LogP contribution in [0, 0.1) is 0 Å². The van der Waals surface area contributed by atoms with Gasteiger partial charge in [0.2, 0.25) is 0 Å². The summed E-state index contributed by atoms with van der Waals surface area (Å²) in [7, 11) is 0. The van der Waals surface area contributed by atoms with Gasteiger partial charge >= 0.3 is 12.8 Å². The smallest absolute Gasteiger partial charge is 0.416 e. The van der Waals surface area contributed by atoms with Crippen molar-refractivity contribution in [2.75, 3.05) is 0 Å². The van der Waals surface area contributed by atoms with Crippen molar-refractivity contribution in [1.82, 2.24) is 0 Å². The Morgan fingerprint density at radius 2 is 1.73 bits per heavy atom. The van der Waals surface area contributed by atoms with E-state index in [4.69, 9.17) is 5.11 Å². The number of aromatic hydroxyl groups is 1. The molecule has 84 valence electrons. The van der Waals surface area contributed by atoms with Gasteiger partial charge in [-0.15, -0.1) is 0 Å². The van der Waals surface area contributed by atoms with Crippen LogP contribution in [0.4, 0.5) is 22.0 Å². The summed E-state index contributed by atoms with van der Waals surface area (Å²) in [6.07, 6.45) is -4.72. The number of ether oxygens (including phenoxy) is 1. The van der Waals surface area contributed by atoms with Crippen LogP contribution < -0.4 is 4.74 Å². The summed E-state index contributed by atoms with van der Waals surface area (Å²) in [5, 5.41) is 8.85.